The topological polar surface area (TPSA) is 69.9 Å². The number of hydrogen-bond donors (Lipinski definition) is 3. The fraction of sp³-hybridized carbons (Fsp3) is 0. The van der Waals surface area contributed by atoms with E-state index in [2.05, 4.69) is 4.65 Å². The molecular formula is C6H6BClO4. The molecule has 0 saturated heterocycles. The van der Waals surface area contributed by atoms with Crippen molar-refractivity contribution < 1.29 is 19.8 Å². The van der Waals surface area contributed by atoms with Crippen LogP contribution in [0.3, 0.4) is 0 Å². The molecule has 3 N–H and O–H groups in total. The van der Waals surface area contributed by atoms with Crippen LogP contribution in [-0.4, -0.2) is 22.5 Å². The second-order valence-electron chi connectivity index (χ2n) is 2.06. The van der Waals surface area contributed by atoms with E-state index in [1.54, 1.807) is 0 Å². The van der Waals surface area contributed by atoms with Gasteiger partial charge in [-0.1, -0.05) is 11.6 Å². The summed E-state index contributed by atoms with van der Waals surface area (Å²) in [4.78, 5) is 0. The summed E-state index contributed by atoms with van der Waals surface area (Å²) in [6.45, 7) is 0. The van der Waals surface area contributed by atoms with Crippen molar-refractivity contribution >= 4 is 18.9 Å². The number of phenols is 1. The molecule has 0 spiro atoms. The maximum Gasteiger partial charge on any atom is 0.707 e. The number of aromatic hydroxyl groups is 1. The molecule has 1 aromatic carbocycles. The largest absolute Gasteiger partial charge is 0.707 e. The maximum absolute atomic E-state index is 9.08. The molecule has 0 radical (unpaired) electrons. The van der Waals surface area contributed by atoms with Gasteiger partial charge in [0.05, 0.1) is 0 Å². The molecule has 1 aromatic rings. The third-order valence-corrected chi connectivity index (χ3v) is 1.39. The summed E-state index contributed by atoms with van der Waals surface area (Å²) in [5, 5.41) is 26.2. The van der Waals surface area contributed by atoms with E-state index in [0.29, 0.717) is 5.02 Å². The van der Waals surface area contributed by atoms with E-state index < -0.39 is 7.32 Å². The van der Waals surface area contributed by atoms with E-state index in [1.807, 2.05) is 0 Å². The highest BCUT2D eigenvalue weighted by atomic mass is 35.5. The molecule has 64 valence electrons. The van der Waals surface area contributed by atoms with E-state index in [0.717, 1.165) is 0 Å². The van der Waals surface area contributed by atoms with Gasteiger partial charge < -0.3 is 19.8 Å². The first kappa shape index (κ1) is 9.19. The zero-order valence-corrected chi connectivity index (χ0v) is 6.69. The molecular weight excluding hydrogens is 182 g/mol. The van der Waals surface area contributed by atoms with E-state index >= 15 is 0 Å². The monoisotopic (exact) mass is 188 g/mol. The Hall–Kier alpha value is -0.905. The number of phenolic OH excluding ortho intramolecular Hbond substituents is 1. The van der Waals surface area contributed by atoms with Crippen LogP contribution in [0.5, 0.6) is 11.5 Å². The molecule has 1 rings (SSSR count). The zero-order valence-electron chi connectivity index (χ0n) is 5.94. The average Bonchev–Trinajstić information content (AvgIpc) is 1.96. The molecule has 0 aliphatic carbocycles. The van der Waals surface area contributed by atoms with Crippen molar-refractivity contribution in [2.45, 2.75) is 0 Å². The van der Waals surface area contributed by atoms with Crippen LogP contribution in [0.4, 0.5) is 0 Å². The van der Waals surface area contributed by atoms with Gasteiger partial charge in [-0.3, -0.25) is 0 Å². The first-order chi connectivity index (χ1) is 5.59. The summed E-state index contributed by atoms with van der Waals surface area (Å²) in [6.07, 6.45) is 0. The molecule has 0 saturated carbocycles. The Morgan fingerprint density at radius 2 is 2.00 bits per heavy atom. The summed E-state index contributed by atoms with van der Waals surface area (Å²) in [7, 11) is -1.96. The minimum atomic E-state index is -1.96. The third kappa shape index (κ3) is 2.30. The van der Waals surface area contributed by atoms with Gasteiger partial charge in [0.25, 0.3) is 0 Å². The van der Waals surface area contributed by atoms with Gasteiger partial charge in [-0.2, -0.15) is 0 Å². The van der Waals surface area contributed by atoms with Crippen molar-refractivity contribution in [3.05, 3.63) is 23.2 Å². The van der Waals surface area contributed by atoms with E-state index in [1.165, 1.54) is 18.2 Å². The van der Waals surface area contributed by atoms with Crippen LogP contribution < -0.4 is 4.65 Å². The summed E-state index contributed by atoms with van der Waals surface area (Å²) in [5.41, 5.74) is 0. The fourth-order valence-electron chi connectivity index (χ4n) is 0.696. The Morgan fingerprint density at radius 3 is 2.58 bits per heavy atom. The van der Waals surface area contributed by atoms with Gasteiger partial charge in [-0.05, 0) is 12.1 Å². The molecule has 0 aliphatic rings. The van der Waals surface area contributed by atoms with Crippen molar-refractivity contribution in [3.63, 3.8) is 0 Å². The highest BCUT2D eigenvalue weighted by Crippen LogP contribution is 2.28. The van der Waals surface area contributed by atoms with Crippen molar-refractivity contribution in [1.82, 2.24) is 0 Å². The number of benzene rings is 1. The minimum absolute atomic E-state index is 0.0718. The van der Waals surface area contributed by atoms with Gasteiger partial charge in [0.15, 0.2) is 5.75 Å². The lowest BCUT2D eigenvalue weighted by molar-refractivity contribution is 0.281. The SMILES string of the molecule is OB(O)Oc1cc(Cl)ccc1O. The van der Waals surface area contributed by atoms with Gasteiger partial charge in [0, 0.05) is 11.1 Å². The smallest absolute Gasteiger partial charge is 0.509 e. The second kappa shape index (κ2) is 3.66. The molecule has 0 fully saturated rings. The van der Waals surface area contributed by atoms with E-state index in [9.17, 15) is 0 Å². The molecule has 0 atom stereocenters. The van der Waals surface area contributed by atoms with Crippen LogP contribution >= 0.6 is 11.6 Å². The van der Waals surface area contributed by atoms with Crippen LogP contribution in [0, 0.1) is 0 Å². The number of halogens is 1. The summed E-state index contributed by atoms with van der Waals surface area (Å²) < 4.78 is 4.40. The molecule has 0 bridgehead atoms. The van der Waals surface area contributed by atoms with Gasteiger partial charge in [0.2, 0.25) is 0 Å². The van der Waals surface area contributed by atoms with Crippen LogP contribution in [-0.2, 0) is 0 Å². The molecule has 0 unspecified atom stereocenters. The first-order valence-electron chi connectivity index (χ1n) is 3.11. The summed E-state index contributed by atoms with van der Waals surface area (Å²) in [5.74, 6) is -0.273. The number of hydrogen-bond acceptors (Lipinski definition) is 4. The van der Waals surface area contributed by atoms with E-state index in [4.69, 9.17) is 26.8 Å². The van der Waals surface area contributed by atoms with Crippen LogP contribution in [0.15, 0.2) is 18.2 Å². The molecule has 4 nitrogen and oxygen atoms in total. The van der Waals surface area contributed by atoms with Crippen molar-refractivity contribution in [2.24, 2.45) is 0 Å². The first-order valence-corrected chi connectivity index (χ1v) is 3.48. The van der Waals surface area contributed by atoms with Gasteiger partial charge in [-0.15, -0.1) is 0 Å². The van der Waals surface area contributed by atoms with Crippen LogP contribution in [0.2, 0.25) is 5.02 Å². The normalized spacial score (nSPS) is 9.58. The van der Waals surface area contributed by atoms with Crippen LogP contribution in [0.1, 0.15) is 0 Å². The third-order valence-electron chi connectivity index (χ3n) is 1.15. The minimum Gasteiger partial charge on any atom is -0.509 e. The Balaban J connectivity index is 2.90. The second-order valence-corrected chi connectivity index (χ2v) is 2.49. The lowest BCUT2D eigenvalue weighted by Crippen LogP contribution is -2.20. The van der Waals surface area contributed by atoms with Crippen LogP contribution in [0.25, 0.3) is 0 Å². The van der Waals surface area contributed by atoms with Gasteiger partial charge >= 0.3 is 7.32 Å². The predicted octanol–water partition coefficient (Wildman–Crippen LogP) is 0.394. The van der Waals surface area contributed by atoms with Gasteiger partial charge in [0.1, 0.15) is 5.75 Å². The Bertz CT molecular complexity index is 278. The Labute approximate surface area is 74.2 Å². The Kier molecular flexibility index (Phi) is 2.81. The predicted molar refractivity (Wildman–Crippen MR) is 43.9 cm³/mol. The van der Waals surface area contributed by atoms with Crippen molar-refractivity contribution in [1.29, 1.82) is 0 Å². The fourth-order valence-corrected chi connectivity index (χ4v) is 0.858. The molecule has 0 aliphatic heterocycles. The molecule has 12 heavy (non-hydrogen) atoms. The molecule has 0 aromatic heterocycles. The van der Waals surface area contributed by atoms with Crippen molar-refractivity contribution in [2.75, 3.05) is 0 Å². The van der Waals surface area contributed by atoms with E-state index in [-0.39, 0.29) is 11.5 Å². The summed E-state index contributed by atoms with van der Waals surface area (Å²) >= 11 is 5.55. The van der Waals surface area contributed by atoms with Crippen molar-refractivity contribution in [3.8, 4) is 11.5 Å². The standard InChI is InChI=1S/C6H6BClO4/c8-4-1-2-5(9)6(3-4)12-7(10)11/h1-3,9-11H. The molecule has 0 amide bonds. The average molecular weight is 188 g/mol. The lowest BCUT2D eigenvalue weighted by Gasteiger charge is -2.06. The summed E-state index contributed by atoms with van der Waals surface area (Å²) in [6, 6.07) is 4.02. The Morgan fingerprint density at radius 1 is 1.33 bits per heavy atom. The molecule has 0 heterocycles. The lowest BCUT2D eigenvalue weighted by atomic mass is 10.2. The zero-order chi connectivity index (χ0) is 9.14. The highest BCUT2D eigenvalue weighted by Gasteiger charge is 2.14. The number of rotatable bonds is 2. The molecule has 6 heteroatoms. The quantitative estimate of drug-likeness (QED) is 0.587. The highest BCUT2D eigenvalue weighted by molar-refractivity contribution is 6.34. The van der Waals surface area contributed by atoms with Gasteiger partial charge in [-0.25, -0.2) is 0 Å². The maximum atomic E-state index is 9.08.